The maximum atomic E-state index is 12.6. The summed E-state index contributed by atoms with van der Waals surface area (Å²) < 4.78 is 0. The summed E-state index contributed by atoms with van der Waals surface area (Å²) in [5.74, 6) is 2.66. The molecule has 1 atom stereocenters. The quantitative estimate of drug-likeness (QED) is 0.696. The zero-order valence-corrected chi connectivity index (χ0v) is 16.2. The second-order valence-corrected chi connectivity index (χ2v) is 7.85. The Morgan fingerprint density at radius 1 is 1.10 bits per heavy atom. The van der Waals surface area contributed by atoms with Crippen molar-refractivity contribution in [1.29, 1.82) is 0 Å². The molecule has 7 nitrogen and oxygen atoms in total. The molecule has 7 heteroatoms. The molecular weight excluding hydrogens is 364 g/mol. The molecule has 1 aromatic carbocycles. The number of hydrogen-bond acceptors (Lipinski definition) is 5. The number of aromatic nitrogens is 4. The van der Waals surface area contributed by atoms with Gasteiger partial charge in [-0.15, -0.1) is 0 Å². The lowest BCUT2D eigenvalue weighted by molar-refractivity contribution is 0.102. The topological polar surface area (TPSA) is 86.8 Å². The van der Waals surface area contributed by atoms with Crippen LogP contribution in [0.3, 0.4) is 0 Å². The van der Waals surface area contributed by atoms with E-state index in [-0.39, 0.29) is 11.8 Å². The molecular formula is C22H24N6O. The third-order valence-corrected chi connectivity index (χ3v) is 5.71. The number of nitrogens with one attached hydrogen (secondary N) is 2. The van der Waals surface area contributed by atoms with Crippen LogP contribution in [-0.2, 0) is 0 Å². The number of benzene rings is 1. The van der Waals surface area contributed by atoms with E-state index >= 15 is 0 Å². The van der Waals surface area contributed by atoms with Crippen molar-refractivity contribution < 1.29 is 4.79 Å². The molecule has 29 heavy (non-hydrogen) atoms. The summed E-state index contributed by atoms with van der Waals surface area (Å²) in [6.45, 7) is 1.83. The summed E-state index contributed by atoms with van der Waals surface area (Å²) >= 11 is 0. The second-order valence-electron chi connectivity index (χ2n) is 7.85. The number of H-pyrrole nitrogens is 1. The number of carbonyl (C=O) groups is 1. The number of amides is 1. The smallest absolute Gasteiger partial charge is 0.255 e. The number of anilines is 2. The standard InChI is InChI=1S/C22H24N6O/c29-22(16-5-2-1-3-6-16)25-18-13-24-27-20(18)17-7-4-12-28(14-17)19-10-11-23-21(26-19)15-8-9-15/h1-3,5-6,10-11,13,15,17H,4,7-9,12,14H2,(H,24,27)(H,25,29). The Kier molecular flexibility index (Phi) is 4.71. The van der Waals surface area contributed by atoms with E-state index in [0.717, 1.165) is 49.0 Å². The van der Waals surface area contributed by atoms with E-state index in [0.29, 0.717) is 11.5 Å². The molecule has 0 spiro atoms. The molecule has 148 valence electrons. The Labute approximate surface area is 169 Å². The number of rotatable bonds is 5. The van der Waals surface area contributed by atoms with E-state index in [1.54, 1.807) is 6.20 Å². The highest BCUT2D eigenvalue weighted by atomic mass is 16.1. The van der Waals surface area contributed by atoms with Gasteiger partial charge in [0.2, 0.25) is 0 Å². The molecule has 1 saturated heterocycles. The predicted octanol–water partition coefficient (Wildman–Crippen LogP) is 3.71. The van der Waals surface area contributed by atoms with Gasteiger partial charge in [0.05, 0.1) is 17.6 Å². The Morgan fingerprint density at radius 2 is 1.97 bits per heavy atom. The van der Waals surface area contributed by atoms with E-state index in [9.17, 15) is 4.79 Å². The molecule has 3 aromatic rings. The van der Waals surface area contributed by atoms with Gasteiger partial charge >= 0.3 is 0 Å². The minimum atomic E-state index is -0.120. The molecule has 2 N–H and O–H groups in total. The van der Waals surface area contributed by atoms with Crippen LogP contribution in [0.1, 0.15) is 59.4 Å². The first kappa shape index (κ1) is 17.8. The lowest BCUT2D eigenvalue weighted by Gasteiger charge is -2.33. The molecule has 1 amide bonds. The van der Waals surface area contributed by atoms with Crippen molar-refractivity contribution in [3.63, 3.8) is 0 Å². The Balaban J connectivity index is 1.32. The van der Waals surface area contributed by atoms with Crippen LogP contribution in [0.2, 0.25) is 0 Å². The SMILES string of the molecule is O=C(Nc1cn[nH]c1C1CCCN(c2ccnc(C3CC3)n2)C1)c1ccccc1. The number of nitrogens with zero attached hydrogens (tertiary/aromatic N) is 4. The number of aromatic amines is 1. The molecule has 2 aliphatic rings. The summed E-state index contributed by atoms with van der Waals surface area (Å²) in [6, 6.07) is 11.2. The van der Waals surface area contributed by atoms with E-state index in [4.69, 9.17) is 4.98 Å². The highest BCUT2D eigenvalue weighted by molar-refractivity contribution is 6.04. The summed E-state index contributed by atoms with van der Waals surface area (Å²) in [5, 5.41) is 10.3. The average molecular weight is 388 g/mol. The molecule has 1 aliphatic carbocycles. The van der Waals surface area contributed by atoms with Gasteiger partial charge in [0, 0.05) is 36.7 Å². The molecule has 3 heterocycles. The third-order valence-electron chi connectivity index (χ3n) is 5.71. The largest absolute Gasteiger partial charge is 0.356 e. The molecule has 0 radical (unpaired) electrons. The van der Waals surface area contributed by atoms with Crippen molar-refractivity contribution in [2.24, 2.45) is 0 Å². The van der Waals surface area contributed by atoms with Crippen LogP contribution in [0.5, 0.6) is 0 Å². The van der Waals surface area contributed by atoms with Crippen LogP contribution < -0.4 is 10.2 Å². The molecule has 0 bridgehead atoms. The zero-order chi connectivity index (χ0) is 19.6. The van der Waals surface area contributed by atoms with Crippen LogP contribution in [0.25, 0.3) is 0 Å². The first-order chi connectivity index (χ1) is 14.3. The normalized spacial score (nSPS) is 19.2. The molecule has 2 fully saturated rings. The maximum absolute atomic E-state index is 12.6. The van der Waals surface area contributed by atoms with Gasteiger partial charge in [-0.1, -0.05) is 18.2 Å². The van der Waals surface area contributed by atoms with Crippen LogP contribution in [0.15, 0.2) is 48.8 Å². The second kappa shape index (κ2) is 7.66. The Morgan fingerprint density at radius 3 is 2.79 bits per heavy atom. The summed E-state index contributed by atoms with van der Waals surface area (Å²) in [6.07, 6.45) is 8.09. The van der Waals surface area contributed by atoms with Crippen molar-refractivity contribution in [2.45, 2.75) is 37.5 Å². The first-order valence-electron chi connectivity index (χ1n) is 10.3. The fraction of sp³-hybridized carbons (Fsp3) is 0.364. The lowest BCUT2D eigenvalue weighted by atomic mass is 9.94. The van der Waals surface area contributed by atoms with Gasteiger partial charge in [0.25, 0.3) is 5.91 Å². The fourth-order valence-corrected chi connectivity index (χ4v) is 3.99. The minimum Gasteiger partial charge on any atom is -0.356 e. The van der Waals surface area contributed by atoms with Crippen molar-refractivity contribution in [1.82, 2.24) is 20.2 Å². The number of hydrogen-bond donors (Lipinski definition) is 2. The van der Waals surface area contributed by atoms with Gasteiger partial charge in [0.15, 0.2) is 0 Å². The Hall–Kier alpha value is -3.22. The van der Waals surface area contributed by atoms with Gasteiger partial charge in [-0.3, -0.25) is 9.89 Å². The Bertz CT molecular complexity index is 997. The minimum absolute atomic E-state index is 0.120. The van der Waals surface area contributed by atoms with Crippen molar-refractivity contribution in [3.8, 4) is 0 Å². The van der Waals surface area contributed by atoms with Gasteiger partial charge in [-0.25, -0.2) is 9.97 Å². The molecule has 1 aliphatic heterocycles. The van der Waals surface area contributed by atoms with Crippen molar-refractivity contribution in [2.75, 3.05) is 23.3 Å². The third kappa shape index (κ3) is 3.85. The van der Waals surface area contributed by atoms with Gasteiger partial charge < -0.3 is 10.2 Å². The lowest BCUT2D eigenvalue weighted by Crippen LogP contribution is -2.35. The van der Waals surface area contributed by atoms with E-state index in [1.165, 1.54) is 12.8 Å². The monoisotopic (exact) mass is 388 g/mol. The highest BCUT2D eigenvalue weighted by Gasteiger charge is 2.29. The molecule has 1 saturated carbocycles. The van der Waals surface area contributed by atoms with Crippen LogP contribution >= 0.6 is 0 Å². The van der Waals surface area contributed by atoms with E-state index in [2.05, 4.69) is 25.4 Å². The molecule has 2 aromatic heterocycles. The highest BCUT2D eigenvalue weighted by Crippen LogP contribution is 2.39. The zero-order valence-electron chi connectivity index (χ0n) is 16.2. The van der Waals surface area contributed by atoms with E-state index < -0.39 is 0 Å². The van der Waals surface area contributed by atoms with Crippen LogP contribution in [0, 0.1) is 0 Å². The van der Waals surface area contributed by atoms with Gasteiger partial charge in [-0.2, -0.15) is 5.10 Å². The molecule has 5 rings (SSSR count). The number of piperidine rings is 1. The first-order valence-corrected chi connectivity index (χ1v) is 10.3. The maximum Gasteiger partial charge on any atom is 0.255 e. The molecule has 1 unspecified atom stereocenters. The van der Waals surface area contributed by atoms with Gasteiger partial charge in [-0.05, 0) is 43.9 Å². The average Bonchev–Trinajstić information content (AvgIpc) is 3.54. The van der Waals surface area contributed by atoms with Crippen molar-refractivity contribution in [3.05, 3.63) is 65.9 Å². The summed E-state index contributed by atoms with van der Waals surface area (Å²) in [5.41, 5.74) is 2.38. The number of carbonyl (C=O) groups excluding carboxylic acids is 1. The van der Waals surface area contributed by atoms with Crippen LogP contribution in [-0.4, -0.2) is 39.2 Å². The van der Waals surface area contributed by atoms with Gasteiger partial charge in [0.1, 0.15) is 11.6 Å². The van der Waals surface area contributed by atoms with Crippen LogP contribution in [0.4, 0.5) is 11.5 Å². The predicted molar refractivity (Wildman–Crippen MR) is 111 cm³/mol. The fourth-order valence-electron chi connectivity index (χ4n) is 3.99. The summed E-state index contributed by atoms with van der Waals surface area (Å²) in [4.78, 5) is 24.1. The summed E-state index contributed by atoms with van der Waals surface area (Å²) in [7, 11) is 0. The van der Waals surface area contributed by atoms with Crippen molar-refractivity contribution >= 4 is 17.4 Å². The van der Waals surface area contributed by atoms with E-state index in [1.807, 2.05) is 42.6 Å².